The fourth-order valence-electron chi connectivity index (χ4n) is 3.88. The summed E-state index contributed by atoms with van der Waals surface area (Å²) < 4.78 is 3.15. The van der Waals surface area contributed by atoms with E-state index in [1.54, 1.807) is 0 Å². The lowest BCUT2D eigenvalue weighted by Crippen LogP contribution is -2.37. The zero-order chi connectivity index (χ0) is 19.8. The van der Waals surface area contributed by atoms with Gasteiger partial charge in [0.15, 0.2) is 0 Å². The van der Waals surface area contributed by atoms with Crippen LogP contribution in [0.25, 0.3) is 11.0 Å². The smallest absolute Gasteiger partial charge is 0.253 e. The second-order valence-corrected chi connectivity index (χ2v) is 7.81. The molecule has 0 aliphatic carbocycles. The van der Waals surface area contributed by atoms with Crippen LogP contribution in [0.4, 0.5) is 5.95 Å². The van der Waals surface area contributed by atoms with Gasteiger partial charge < -0.3 is 10.2 Å². The van der Waals surface area contributed by atoms with Crippen LogP contribution in [0, 0.1) is 0 Å². The molecule has 1 N–H and O–H groups in total. The summed E-state index contributed by atoms with van der Waals surface area (Å²) >= 11 is 3.52. The molecule has 1 aliphatic heterocycles. The van der Waals surface area contributed by atoms with Crippen molar-refractivity contribution in [3.05, 3.63) is 69.8 Å². The number of carbonyl (C=O) groups is 1. The Labute approximate surface area is 173 Å². The normalized spacial score (nSPS) is 16.1. The summed E-state index contributed by atoms with van der Waals surface area (Å²) in [4.78, 5) is 20.1. The highest BCUT2D eigenvalue weighted by Gasteiger charge is 2.35. The summed E-state index contributed by atoms with van der Waals surface area (Å²) in [5.41, 5.74) is 4.60. The summed E-state index contributed by atoms with van der Waals surface area (Å²) in [6.45, 7) is 7.35. The summed E-state index contributed by atoms with van der Waals surface area (Å²) in [7, 11) is 0. The third kappa shape index (κ3) is 3.02. The third-order valence-electron chi connectivity index (χ3n) is 5.30. The molecule has 144 valence electrons. The van der Waals surface area contributed by atoms with Gasteiger partial charge in [-0.2, -0.15) is 0 Å². The van der Waals surface area contributed by atoms with Crippen molar-refractivity contribution in [1.82, 2.24) is 14.5 Å². The van der Waals surface area contributed by atoms with Gasteiger partial charge in [-0.1, -0.05) is 40.2 Å². The number of halogens is 1. The van der Waals surface area contributed by atoms with E-state index in [-0.39, 0.29) is 11.9 Å². The number of benzene rings is 2. The van der Waals surface area contributed by atoms with Crippen LogP contribution < -0.4 is 5.32 Å². The van der Waals surface area contributed by atoms with E-state index in [1.165, 1.54) is 0 Å². The third-order valence-corrected chi connectivity index (χ3v) is 5.83. The minimum Gasteiger partial charge on any atom is -0.339 e. The van der Waals surface area contributed by atoms with Gasteiger partial charge in [0.25, 0.3) is 5.91 Å². The van der Waals surface area contributed by atoms with Crippen molar-refractivity contribution < 1.29 is 4.79 Å². The fraction of sp³-hybridized carbons (Fsp3) is 0.273. The van der Waals surface area contributed by atoms with Crippen molar-refractivity contribution in [1.29, 1.82) is 0 Å². The first-order chi connectivity index (χ1) is 13.5. The topological polar surface area (TPSA) is 50.2 Å². The first-order valence-electron chi connectivity index (χ1n) is 9.54. The first kappa shape index (κ1) is 18.7. The van der Waals surface area contributed by atoms with Gasteiger partial charge in [0.1, 0.15) is 0 Å². The van der Waals surface area contributed by atoms with Gasteiger partial charge in [-0.15, -0.1) is 0 Å². The maximum Gasteiger partial charge on any atom is 0.253 e. The van der Waals surface area contributed by atoms with Crippen LogP contribution in [0.5, 0.6) is 0 Å². The molecule has 0 fully saturated rings. The molecule has 0 spiro atoms. The Bertz CT molecular complexity index is 1060. The van der Waals surface area contributed by atoms with Crippen molar-refractivity contribution in [3.63, 3.8) is 0 Å². The van der Waals surface area contributed by atoms with E-state index in [0.717, 1.165) is 38.3 Å². The zero-order valence-corrected chi connectivity index (χ0v) is 17.8. The number of imidazole rings is 1. The largest absolute Gasteiger partial charge is 0.339 e. The highest BCUT2D eigenvalue weighted by molar-refractivity contribution is 9.10. The number of hydrogen-bond donors (Lipinski definition) is 1. The summed E-state index contributed by atoms with van der Waals surface area (Å²) in [6, 6.07) is 16.0. The van der Waals surface area contributed by atoms with E-state index >= 15 is 0 Å². The second-order valence-electron chi connectivity index (χ2n) is 6.89. The molecule has 0 saturated heterocycles. The molecule has 1 amide bonds. The number of nitrogens with zero attached hydrogens (tertiary/aromatic N) is 3. The molecule has 1 aliphatic rings. The van der Waals surface area contributed by atoms with Gasteiger partial charge in [0.05, 0.1) is 22.6 Å². The van der Waals surface area contributed by atoms with Crippen LogP contribution in [0.1, 0.15) is 32.4 Å². The highest BCUT2D eigenvalue weighted by Crippen LogP contribution is 2.40. The highest BCUT2D eigenvalue weighted by atomic mass is 79.9. The summed E-state index contributed by atoms with van der Waals surface area (Å²) in [5, 5.41) is 3.37. The lowest BCUT2D eigenvalue weighted by Gasteiger charge is -2.33. The molecule has 2 heterocycles. The molecule has 0 radical (unpaired) electrons. The minimum absolute atomic E-state index is 0.0614. The first-order valence-corrected chi connectivity index (χ1v) is 10.3. The SMILES string of the molecule is CCN(CC)C(=O)C1=C(C)Nc2nc3ccccc3n2[C@H]1c1ccc(Br)cc1. The molecule has 2 aromatic carbocycles. The predicted molar refractivity (Wildman–Crippen MR) is 116 cm³/mol. The maximum atomic E-state index is 13.5. The number of rotatable bonds is 4. The Kier molecular flexibility index (Phi) is 4.98. The van der Waals surface area contributed by atoms with Gasteiger partial charge in [0, 0.05) is 23.3 Å². The number of amides is 1. The Balaban J connectivity index is 1.96. The number of nitrogens with one attached hydrogen (secondary N) is 1. The molecule has 4 rings (SSSR count). The fourth-order valence-corrected chi connectivity index (χ4v) is 4.15. The van der Waals surface area contributed by atoms with E-state index in [0.29, 0.717) is 13.1 Å². The number of carbonyl (C=O) groups excluding carboxylic acids is 1. The quantitative estimate of drug-likeness (QED) is 0.626. The minimum atomic E-state index is -0.232. The van der Waals surface area contributed by atoms with Gasteiger partial charge in [-0.05, 0) is 50.6 Å². The molecule has 0 saturated carbocycles. The number of para-hydroxylation sites is 2. The van der Waals surface area contributed by atoms with Crippen LogP contribution in [0.2, 0.25) is 0 Å². The molecule has 5 nitrogen and oxygen atoms in total. The van der Waals surface area contributed by atoms with E-state index in [2.05, 4.69) is 44.0 Å². The molecule has 1 aromatic heterocycles. The zero-order valence-electron chi connectivity index (χ0n) is 16.2. The van der Waals surface area contributed by atoms with Crippen molar-refractivity contribution in [2.75, 3.05) is 18.4 Å². The van der Waals surface area contributed by atoms with E-state index in [9.17, 15) is 4.79 Å². The number of fused-ring (bicyclic) bond motifs is 3. The van der Waals surface area contributed by atoms with Gasteiger partial charge in [-0.3, -0.25) is 9.36 Å². The molecule has 1 atom stereocenters. The van der Waals surface area contributed by atoms with Gasteiger partial charge in [0.2, 0.25) is 5.95 Å². The molecule has 6 heteroatoms. The van der Waals surface area contributed by atoms with Crippen LogP contribution in [-0.4, -0.2) is 33.4 Å². The van der Waals surface area contributed by atoms with E-state index in [4.69, 9.17) is 4.98 Å². The predicted octanol–water partition coefficient (Wildman–Crippen LogP) is 4.96. The number of hydrogen-bond acceptors (Lipinski definition) is 3. The number of allylic oxidation sites excluding steroid dienone is 1. The van der Waals surface area contributed by atoms with Crippen molar-refractivity contribution >= 4 is 38.8 Å². The monoisotopic (exact) mass is 438 g/mol. The van der Waals surface area contributed by atoms with Crippen LogP contribution >= 0.6 is 15.9 Å². The Hall–Kier alpha value is -2.60. The average molecular weight is 439 g/mol. The summed E-state index contributed by atoms with van der Waals surface area (Å²) in [6.07, 6.45) is 0. The van der Waals surface area contributed by atoms with Crippen LogP contribution in [0.3, 0.4) is 0 Å². The van der Waals surface area contributed by atoms with Crippen molar-refractivity contribution in [3.8, 4) is 0 Å². The van der Waals surface area contributed by atoms with Gasteiger partial charge in [-0.25, -0.2) is 4.98 Å². The van der Waals surface area contributed by atoms with E-state index in [1.807, 2.05) is 56.0 Å². The number of likely N-dealkylation sites (N-methyl/N-ethyl adjacent to an activating group) is 1. The Morgan fingerprint density at radius 1 is 1.14 bits per heavy atom. The van der Waals surface area contributed by atoms with Crippen molar-refractivity contribution in [2.24, 2.45) is 0 Å². The average Bonchev–Trinajstić information content (AvgIpc) is 3.06. The molecular weight excluding hydrogens is 416 g/mol. The Morgan fingerprint density at radius 3 is 2.50 bits per heavy atom. The molecule has 0 unspecified atom stereocenters. The standard InChI is InChI=1S/C22H23BrN4O/c1-4-26(5-2)21(28)19-14(3)24-22-25-17-8-6-7-9-18(17)27(22)20(19)15-10-12-16(23)13-11-15/h6-13,20H,4-5H2,1-3H3,(H,24,25)/t20-/m0/s1. The van der Waals surface area contributed by atoms with E-state index < -0.39 is 0 Å². The molecular formula is C22H23BrN4O. The van der Waals surface area contributed by atoms with Gasteiger partial charge >= 0.3 is 0 Å². The Morgan fingerprint density at radius 2 is 1.82 bits per heavy atom. The van der Waals surface area contributed by atoms with Crippen LogP contribution in [0.15, 0.2) is 64.3 Å². The molecule has 28 heavy (non-hydrogen) atoms. The second kappa shape index (κ2) is 7.43. The molecule has 0 bridgehead atoms. The lowest BCUT2D eigenvalue weighted by molar-refractivity contribution is -0.127. The number of anilines is 1. The maximum absolute atomic E-state index is 13.5. The number of aromatic nitrogens is 2. The molecule has 3 aromatic rings. The van der Waals surface area contributed by atoms with Crippen LogP contribution in [-0.2, 0) is 4.79 Å². The lowest BCUT2D eigenvalue weighted by atomic mass is 9.94. The summed E-state index contributed by atoms with van der Waals surface area (Å²) in [5.74, 6) is 0.828. The van der Waals surface area contributed by atoms with Crippen molar-refractivity contribution in [2.45, 2.75) is 26.8 Å².